The predicted octanol–water partition coefficient (Wildman–Crippen LogP) is 3.96. The van der Waals surface area contributed by atoms with Gasteiger partial charge in [0.2, 0.25) is 5.91 Å². The first-order valence-electron chi connectivity index (χ1n) is 7.31. The normalized spacial score (nSPS) is 23.9. The Morgan fingerprint density at radius 3 is 2.12 bits per heavy atom. The zero-order valence-corrected chi connectivity index (χ0v) is 11.0. The molecule has 1 aliphatic heterocycles. The Kier molecular flexibility index (Phi) is 8.71. The van der Waals surface area contributed by atoms with Crippen LogP contribution >= 0.6 is 0 Å². The van der Waals surface area contributed by atoms with Gasteiger partial charge in [-0.15, -0.1) is 0 Å². The van der Waals surface area contributed by atoms with E-state index >= 15 is 0 Å². The molecule has 17 heavy (non-hydrogen) atoms. The van der Waals surface area contributed by atoms with Crippen molar-refractivity contribution in [3.63, 3.8) is 0 Å². The summed E-state index contributed by atoms with van der Waals surface area (Å²) in [6.07, 6.45) is 17.6. The van der Waals surface area contributed by atoms with Gasteiger partial charge in [0, 0.05) is 13.0 Å². The highest BCUT2D eigenvalue weighted by Gasteiger charge is 1.99. The molecule has 0 radical (unpaired) electrons. The van der Waals surface area contributed by atoms with Gasteiger partial charge in [0.1, 0.15) is 0 Å². The van der Waals surface area contributed by atoms with Gasteiger partial charge in [-0.1, -0.05) is 44.3 Å². The Hall–Kier alpha value is -0.790. The predicted molar refractivity (Wildman–Crippen MR) is 72.9 cm³/mol. The van der Waals surface area contributed by atoms with E-state index in [1.807, 2.05) is 0 Å². The van der Waals surface area contributed by atoms with E-state index in [0.717, 1.165) is 25.8 Å². The molecule has 0 spiro atoms. The Bertz CT molecular complexity index is 223. The minimum absolute atomic E-state index is 0.227. The molecule has 1 aliphatic rings. The Balaban J connectivity index is 2.19. The van der Waals surface area contributed by atoms with Gasteiger partial charge in [-0.3, -0.25) is 4.79 Å². The molecule has 98 valence electrons. The maximum absolute atomic E-state index is 11.4. The lowest BCUT2D eigenvalue weighted by molar-refractivity contribution is -0.121. The molecular formula is C15H27NO. The SMILES string of the molecule is O=C1CCC/C=C\CCCCCCCCCN1. The molecule has 0 bridgehead atoms. The van der Waals surface area contributed by atoms with Crippen LogP contribution in [0, 0.1) is 0 Å². The summed E-state index contributed by atoms with van der Waals surface area (Å²) in [6.45, 7) is 0.870. The van der Waals surface area contributed by atoms with Crippen LogP contribution in [-0.2, 0) is 4.79 Å². The number of amides is 1. The second-order valence-corrected chi connectivity index (χ2v) is 4.98. The number of hydrogen-bond donors (Lipinski definition) is 1. The molecule has 1 N–H and O–H groups in total. The molecule has 1 heterocycles. The molecule has 0 aromatic rings. The molecule has 0 fully saturated rings. The van der Waals surface area contributed by atoms with Crippen molar-refractivity contribution in [1.82, 2.24) is 5.32 Å². The highest BCUT2D eigenvalue weighted by atomic mass is 16.1. The molecule has 0 unspecified atom stereocenters. The number of hydrogen-bond acceptors (Lipinski definition) is 1. The number of carbonyl (C=O) groups excluding carboxylic acids is 1. The lowest BCUT2D eigenvalue weighted by Crippen LogP contribution is -2.23. The summed E-state index contributed by atoms with van der Waals surface area (Å²) in [7, 11) is 0. The number of rotatable bonds is 0. The zero-order chi connectivity index (χ0) is 12.2. The van der Waals surface area contributed by atoms with Crippen molar-refractivity contribution in [1.29, 1.82) is 0 Å². The summed E-state index contributed by atoms with van der Waals surface area (Å²) in [6, 6.07) is 0. The summed E-state index contributed by atoms with van der Waals surface area (Å²) >= 11 is 0. The van der Waals surface area contributed by atoms with Crippen LogP contribution in [0.4, 0.5) is 0 Å². The third kappa shape index (κ3) is 8.96. The molecular weight excluding hydrogens is 210 g/mol. The van der Waals surface area contributed by atoms with Gasteiger partial charge in [-0.05, 0) is 32.1 Å². The minimum Gasteiger partial charge on any atom is -0.356 e. The van der Waals surface area contributed by atoms with E-state index in [4.69, 9.17) is 0 Å². The molecule has 0 saturated heterocycles. The molecule has 0 atom stereocenters. The van der Waals surface area contributed by atoms with Gasteiger partial charge >= 0.3 is 0 Å². The maximum atomic E-state index is 11.4. The third-order valence-corrected chi connectivity index (χ3v) is 3.31. The second-order valence-electron chi connectivity index (χ2n) is 4.98. The smallest absolute Gasteiger partial charge is 0.220 e. The van der Waals surface area contributed by atoms with Crippen LogP contribution in [0.1, 0.15) is 70.6 Å². The lowest BCUT2D eigenvalue weighted by Gasteiger charge is -2.05. The largest absolute Gasteiger partial charge is 0.356 e. The summed E-state index contributed by atoms with van der Waals surface area (Å²) < 4.78 is 0. The van der Waals surface area contributed by atoms with E-state index in [1.54, 1.807) is 0 Å². The molecule has 2 nitrogen and oxygen atoms in total. The first kappa shape index (κ1) is 14.3. The fourth-order valence-corrected chi connectivity index (χ4v) is 2.20. The van der Waals surface area contributed by atoms with Crippen LogP contribution in [0.3, 0.4) is 0 Å². The van der Waals surface area contributed by atoms with Crippen molar-refractivity contribution >= 4 is 5.91 Å². The van der Waals surface area contributed by atoms with Crippen LogP contribution in [0.5, 0.6) is 0 Å². The second kappa shape index (κ2) is 10.4. The number of nitrogens with one attached hydrogen (secondary N) is 1. The van der Waals surface area contributed by atoms with E-state index < -0.39 is 0 Å². The Morgan fingerprint density at radius 1 is 0.765 bits per heavy atom. The average Bonchev–Trinajstić information content (AvgIpc) is 2.32. The van der Waals surface area contributed by atoms with E-state index in [2.05, 4.69) is 17.5 Å². The van der Waals surface area contributed by atoms with E-state index in [9.17, 15) is 4.79 Å². The molecule has 0 aromatic carbocycles. The first-order valence-corrected chi connectivity index (χ1v) is 7.31. The van der Waals surface area contributed by atoms with Gasteiger partial charge in [-0.2, -0.15) is 0 Å². The van der Waals surface area contributed by atoms with Crippen LogP contribution in [0.2, 0.25) is 0 Å². The van der Waals surface area contributed by atoms with Crippen LogP contribution in [0.25, 0.3) is 0 Å². The Morgan fingerprint density at radius 2 is 1.35 bits per heavy atom. The van der Waals surface area contributed by atoms with Crippen molar-refractivity contribution in [3.8, 4) is 0 Å². The minimum atomic E-state index is 0.227. The number of carbonyl (C=O) groups is 1. The van der Waals surface area contributed by atoms with Gasteiger partial charge in [0.05, 0.1) is 0 Å². The monoisotopic (exact) mass is 237 g/mol. The fraction of sp³-hybridized carbons (Fsp3) is 0.800. The highest BCUT2D eigenvalue weighted by molar-refractivity contribution is 5.75. The number of allylic oxidation sites excluding steroid dienone is 2. The third-order valence-electron chi connectivity index (χ3n) is 3.31. The Labute approximate surface area is 106 Å². The lowest BCUT2D eigenvalue weighted by atomic mass is 10.1. The van der Waals surface area contributed by atoms with Crippen LogP contribution in [0.15, 0.2) is 12.2 Å². The van der Waals surface area contributed by atoms with Crippen LogP contribution < -0.4 is 5.32 Å². The van der Waals surface area contributed by atoms with Crippen molar-refractivity contribution in [2.24, 2.45) is 0 Å². The van der Waals surface area contributed by atoms with Crippen molar-refractivity contribution in [3.05, 3.63) is 12.2 Å². The standard InChI is InChI=1S/C15H27NO/c17-15-13-11-9-7-5-3-1-2-4-6-8-10-12-14-16-15/h5,7H,1-4,6,8-14H2,(H,16,17)/b7-5-. The first-order chi connectivity index (χ1) is 8.39. The van der Waals surface area contributed by atoms with Crippen molar-refractivity contribution < 1.29 is 4.79 Å². The fourth-order valence-electron chi connectivity index (χ4n) is 2.20. The summed E-state index contributed by atoms with van der Waals surface area (Å²) in [5.74, 6) is 0.227. The summed E-state index contributed by atoms with van der Waals surface area (Å²) in [4.78, 5) is 11.4. The van der Waals surface area contributed by atoms with E-state index in [-0.39, 0.29) is 5.91 Å². The van der Waals surface area contributed by atoms with Crippen molar-refractivity contribution in [2.45, 2.75) is 70.6 Å². The molecule has 0 aliphatic carbocycles. The molecule has 0 aromatic heterocycles. The highest BCUT2D eigenvalue weighted by Crippen LogP contribution is 2.09. The molecule has 1 amide bonds. The van der Waals surface area contributed by atoms with Gasteiger partial charge in [0.15, 0.2) is 0 Å². The van der Waals surface area contributed by atoms with Gasteiger partial charge < -0.3 is 5.32 Å². The average molecular weight is 237 g/mol. The summed E-state index contributed by atoms with van der Waals surface area (Å²) in [5, 5.41) is 3.00. The molecule has 2 heteroatoms. The topological polar surface area (TPSA) is 29.1 Å². The van der Waals surface area contributed by atoms with Crippen molar-refractivity contribution in [2.75, 3.05) is 6.54 Å². The molecule has 0 saturated carbocycles. The van der Waals surface area contributed by atoms with E-state index in [1.165, 1.54) is 44.9 Å². The van der Waals surface area contributed by atoms with Crippen LogP contribution in [-0.4, -0.2) is 12.5 Å². The van der Waals surface area contributed by atoms with Gasteiger partial charge in [-0.25, -0.2) is 0 Å². The van der Waals surface area contributed by atoms with E-state index in [0.29, 0.717) is 6.42 Å². The maximum Gasteiger partial charge on any atom is 0.220 e. The zero-order valence-electron chi connectivity index (χ0n) is 11.0. The summed E-state index contributed by atoms with van der Waals surface area (Å²) in [5.41, 5.74) is 0. The van der Waals surface area contributed by atoms with Gasteiger partial charge in [0.25, 0.3) is 0 Å². The quantitative estimate of drug-likeness (QED) is 0.635. The molecule has 1 rings (SSSR count).